The molecule has 4 rings (SSSR count). The molecule has 192 valence electrons. The average molecular weight is 565 g/mol. The lowest BCUT2D eigenvalue weighted by molar-refractivity contribution is 0.0605. The van der Waals surface area contributed by atoms with Gasteiger partial charge in [-0.2, -0.15) is 5.10 Å². The second kappa shape index (κ2) is 12.4. The monoisotopic (exact) mass is 563 g/mol. The van der Waals surface area contributed by atoms with Crippen LogP contribution in [0.15, 0.2) is 52.0 Å². The molecule has 3 aromatic rings. The smallest absolute Gasteiger partial charge is 0.264 e. The number of benzene rings is 2. The van der Waals surface area contributed by atoms with E-state index in [4.69, 9.17) is 4.74 Å². The van der Waals surface area contributed by atoms with Crippen LogP contribution in [0.5, 0.6) is 0 Å². The summed E-state index contributed by atoms with van der Waals surface area (Å²) in [5.41, 5.74) is 2.81. The van der Waals surface area contributed by atoms with E-state index in [2.05, 4.69) is 28.0 Å². The number of halogens is 1. The predicted molar refractivity (Wildman–Crippen MR) is 148 cm³/mol. The summed E-state index contributed by atoms with van der Waals surface area (Å²) in [5, 5.41) is 5.48. The minimum absolute atomic E-state index is 0.184. The third kappa shape index (κ3) is 6.46. The van der Waals surface area contributed by atoms with Crippen LogP contribution < -0.4 is 4.31 Å². The number of hydrogen-bond donors (Lipinski definition) is 0. The van der Waals surface area contributed by atoms with Gasteiger partial charge in [0.2, 0.25) is 0 Å². The van der Waals surface area contributed by atoms with E-state index in [1.807, 2.05) is 62.7 Å². The molecule has 0 amide bonds. The van der Waals surface area contributed by atoms with Crippen LogP contribution in [0.3, 0.4) is 0 Å². The lowest BCUT2D eigenvalue weighted by atomic mass is 10.0. The van der Waals surface area contributed by atoms with Gasteiger partial charge < -0.3 is 4.74 Å². The number of rotatable bonds is 8. The highest BCUT2D eigenvalue weighted by molar-refractivity contribution is 9.10. The zero-order valence-corrected chi connectivity index (χ0v) is 23.9. The number of ether oxygens (including phenoxy) is 1. The van der Waals surface area contributed by atoms with E-state index in [1.165, 1.54) is 9.87 Å². The highest BCUT2D eigenvalue weighted by Crippen LogP contribution is 2.31. The topological polar surface area (TPSA) is 64.4 Å². The molecule has 8 heteroatoms. The van der Waals surface area contributed by atoms with Crippen LogP contribution in [0.2, 0.25) is 0 Å². The molecule has 6 nitrogen and oxygen atoms in total. The Hall–Kier alpha value is -1.90. The molecule has 0 bridgehead atoms. The third-order valence-electron chi connectivity index (χ3n) is 6.20. The van der Waals surface area contributed by atoms with Crippen molar-refractivity contribution in [3.8, 4) is 0 Å². The van der Waals surface area contributed by atoms with E-state index in [0.717, 1.165) is 49.9 Å². The number of aryl methyl sites for hydroxylation is 1. The summed E-state index contributed by atoms with van der Waals surface area (Å²) >= 11 is 3.56. The minimum atomic E-state index is -3.74. The van der Waals surface area contributed by atoms with Crippen molar-refractivity contribution in [2.24, 2.45) is 11.8 Å². The normalized spacial score (nSPS) is 14.7. The highest BCUT2D eigenvalue weighted by atomic mass is 79.9. The van der Waals surface area contributed by atoms with Crippen LogP contribution in [-0.2, 0) is 27.7 Å². The standard InChI is InChI=1S/C25H32BrN3O3S.C2H6/c1-4-19-5-7-21(8-6-19)29(16-18(2)3)33(30,31)22-9-10-24-23(15-22)25(26)27-28(24)17-20-11-13-32-14-12-20;1-2/h5-10,15,18,20H,4,11-14,16-17H2,1-3H3;1-2H3. The molecule has 2 heterocycles. The maximum absolute atomic E-state index is 13.8. The Morgan fingerprint density at radius 2 is 1.77 bits per heavy atom. The summed E-state index contributed by atoms with van der Waals surface area (Å²) in [7, 11) is -3.74. The molecule has 1 aliphatic rings. The van der Waals surface area contributed by atoms with E-state index in [9.17, 15) is 8.42 Å². The Morgan fingerprint density at radius 3 is 2.37 bits per heavy atom. The van der Waals surface area contributed by atoms with Gasteiger partial charge >= 0.3 is 0 Å². The number of hydrogen-bond acceptors (Lipinski definition) is 4. The Balaban J connectivity index is 0.00000167. The van der Waals surface area contributed by atoms with Crippen molar-refractivity contribution >= 4 is 42.5 Å². The molecule has 35 heavy (non-hydrogen) atoms. The fraction of sp³-hybridized carbons (Fsp3) is 0.519. The maximum Gasteiger partial charge on any atom is 0.264 e. The van der Waals surface area contributed by atoms with Crippen molar-refractivity contribution in [3.63, 3.8) is 0 Å². The van der Waals surface area contributed by atoms with Gasteiger partial charge in [0.15, 0.2) is 0 Å². The molecule has 0 aliphatic carbocycles. The van der Waals surface area contributed by atoms with Crippen molar-refractivity contribution < 1.29 is 13.2 Å². The second-order valence-corrected chi connectivity index (χ2v) is 11.8. The first-order chi connectivity index (χ1) is 16.8. The minimum Gasteiger partial charge on any atom is -0.381 e. The third-order valence-corrected chi connectivity index (χ3v) is 8.58. The molecule has 2 aromatic carbocycles. The van der Waals surface area contributed by atoms with Gasteiger partial charge in [-0.25, -0.2) is 8.42 Å². The Bertz CT molecular complexity index is 1200. The van der Waals surface area contributed by atoms with Crippen LogP contribution in [0.1, 0.15) is 53.0 Å². The van der Waals surface area contributed by atoms with E-state index in [1.54, 1.807) is 12.1 Å². The van der Waals surface area contributed by atoms with Crippen LogP contribution in [0, 0.1) is 11.8 Å². The van der Waals surface area contributed by atoms with Gasteiger partial charge in [-0.05, 0) is 82.9 Å². The number of fused-ring (bicyclic) bond motifs is 1. The van der Waals surface area contributed by atoms with E-state index < -0.39 is 10.0 Å². The van der Waals surface area contributed by atoms with Gasteiger partial charge in [-0.15, -0.1) is 0 Å². The molecule has 1 aromatic heterocycles. The van der Waals surface area contributed by atoms with Crippen LogP contribution in [-0.4, -0.2) is 38.0 Å². The van der Waals surface area contributed by atoms with Gasteiger partial charge in [0, 0.05) is 31.7 Å². The molecule has 0 radical (unpaired) electrons. The zero-order valence-electron chi connectivity index (χ0n) is 21.5. The van der Waals surface area contributed by atoms with Gasteiger partial charge in [0.25, 0.3) is 10.0 Å². The Labute approximate surface area is 218 Å². The largest absolute Gasteiger partial charge is 0.381 e. The average Bonchev–Trinajstić information content (AvgIpc) is 3.18. The first kappa shape index (κ1) is 27.7. The van der Waals surface area contributed by atoms with E-state index >= 15 is 0 Å². The zero-order chi connectivity index (χ0) is 25.6. The lowest BCUT2D eigenvalue weighted by Crippen LogP contribution is -2.34. The first-order valence-electron chi connectivity index (χ1n) is 12.6. The summed E-state index contributed by atoms with van der Waals surface area (Å²) in [6.07, 6.45) is 2.96. The fourth-order valence-corrected chi connectivity index (χ4v) is 6.46. The quantitative estimate of drug-likeness (QED) is 0.307. The van der Waals surface area contributed by atoms with Crippen LogP contribution >= 0.6 is 15.9 Å². The predicted octanol–water partition coefficient (Wildman–Crippen LogP) is 6.67. The Kier molecular flexibility index (Phi) is 9.78. The molecule has 0 unspecified atom stereocenters. The van der Waals surface area contributed by atoms with Crippen molar-refractivity contribution in [1.29, 1.82) is 0 Å². The summed E-state index contributed by atoms with van der Waals surface area (Å²) < 4.78 is 37.2. The molecule has 0 saturated carbocycles. The van der Waals surface area contributed by atoms with Gasteiger partial charge in [-0.3, -0.25) is 8.99 Å². The van der Waals surface area contributed by atoms with E-state index in [0.29, 0.717) is 22.8 Å². The number of nitrogens with zero attached hydrogens (tertiary/aromatic N) is 3. The SMILES string of the molecule is CC.CCc1ccc(N(CC(C)C)S(=O)(=O)c2ccc3c(c2)c(Br)nn3CC2CCOCC2)cc1. The molecular weight excluding hydrogens is 526 g/mol. The lowest BCUT2D eigenvalue weighted by Gasteiger charge is -2.26. The first-order valence-corrected chi connectivity index (χ1v) is 14.9. The summed E-state index contributed by atoms with van der Waals surface area (Å²) in [5.74, 6) is 0.702. The molecule has 0 spiro atoms. The van der Waals surface area contributed by atoms with Crippen LogP contribution in [0.4, 0.5) is 5.69 Å². The molecule has 1 aliphatic heterocycles. The molecule has 0 atom stereocenters. The van der Waals surface area contributed by atoms with Crippen molar-refractivity contribution in [3.05, 3.63) is 52.6 Å². The number of anilines is 1. The molecule has 1 fully saturated rings. The summed E-state index contributed by atoms with van der Waals surface area (Å²) in [4.78, 5) is 0.279. The maximum atomic E-state index is 13.8. The van der Waals surface area contributed by atoms with Gasteiger partial charge in [0.05, 0.1) is 16.1 Å². The van der Waals surface area contributed by atoms with Gasteiger partial charge in [-0.1, -0.05) is 46.8 Å². The van der Waals surface area contributed by atoms with Gasteiger partial charge in [0.1, 0.15) is 4.60 Å². The van der Waals surface area contributed by atoms with Crippen molar-refractivity contribution in [2.75, 3.05) is 24.1 Å². The Morgan fingerprint density at radius 1 is 1.11 bits per heavy atom. The fourth-order valence-electron chi connectivity index (χ4n) is 4.29. The molecular formula is C27H38BrN3O3S. The van der Waals surface area contributed by atoms with E-state index in [-0.39, 0.29) is 10.8 Å². The van der Waals surface area contributed by atoms with Crippen LogP contribution in [0.25, 0.3) is 10.9 Å². The second-order valence-electron chi connectivity index (χ2n) is 9.16. The number of aromatic nitrogens is 2. The number of sulfonamides is 1. The molecule has 0 N–H and O–H groups in total. The summed E-state index contributed by atoms with van der Waals surface area (Å²) in [6, 6.07) is 13.1. The van der Waals surface area contributed by atoms with Crippen molar-refractivity contribution in [2.45, 2.75) is 65.3 Å². The van der Waals surface area contributed by atoms with Crippen molar-refractivity contribution in [1.82, 2.24) is 9.78 Å². The molecule has 1 saturated heterocycles. The highest BCUT2D eigenvalue weighted by Gasteiger charge is 2.27. The summed E-state index contributed by atoms with van der Waals surface area (Å²) in [6.45, 7) is 13.0.